The van der Waals surface area contributed by atoms with Crippen molar-refractivity contribution in [2.75, 3.05) is 6.26 Å². The Morgan fingerprint density at radius 2 is 2.17 bits per heavy atom. The summed E-state index contributed by atoms with van der Waals surface area (Å²) in [7, 11) is -2.95. The van der Waals surface area contributed by atoms with Crippen molar-refractivity contribution < 1.29 is 8.42 Å². The summed E-state index contributed by atoms with van der Waals surface area (Å²) < 4.78 is 23.6. The van der Waals surface area contributed by atoms with Gasteiger partial charge in [0.05, 0.1) is 17.1 Å². The van der Waals surface area contributed by atoms with Crippen molar-refractivity contribution in [1.82, 2.24) is 15.5 Å². The van der Waals surface area contributed by atoms with Crippen LogP contribution in [0.4, 0.5) is 0 Å². The highest BCUT2D eigenvalue weighted by Gasteiger charge is 2.28. The number of hydrogen-bond donors (Lipinski definition) is 2. The van der Waals surface area contributed by atoms with E-state index >= 15 is 0 Å². The summed E-state index contributed by atoms with van der Waals surface area (Å²) >= 11 is 0. The van der Waals surface area contributed by atoms with Crippen molar-refractivity contribution in [3.05, 3.63) is 41.6 Å². The number of benzene rings is 1. The third kappa shape index (κ3) is 4.05. The van der Waals surface area contributed by atoms with E-state index in [9.17, 15) is 8.42 Å². The highest BCUT2D eigenvalue weighted by atomic mass is 32.2. The number of nitrogens with zero attached hydrogens (tertiary/aromatic N) is 1. The maximum Gasteiger partial charge on any atom is 0.150 e. The molecule has 2 atom stereocenters. The zero-order valence-electron chi connectivity index (χ0n) is 14.2. The van der Waals surface area contributed by atoms with Gasteiger partial charge in [-0.25, -0.2) is 8.42 Å². The standard InChI is InChI=1S/C18H25N3O2S/c1-13-5-3-6-14(9-13)18-15(12-20-21-18)11-19-16-7-4-8-17(10-16)24(2,22)23/h3,5-6,9,12,16-17,19H,4,7-8,10-11H2,1-2H3,(H,20,21)/t16-,17-/m0/s1. The van der Waals surface area contributed by atoms with Crippen molar-refractivity contribution in [3.63, 3.8) is 0 Å². The fourth-order valence-electron chi connectivity index (χ4n) is 3.47. The number of hydrogen-bond acceptors (Lipinski definition) is 4. The van der Waals surface area contributed by atoms with Crippen molar-refractivity contribution in [2.24, 2.45) is 0 Å². The van der Waals surface area contributed by atoms with Crippen molar-refractivity contribution in [1.29, 1.82) is 0 Å². The van der Waals surface area contributed by atoms with Gasteiger partial charge in [-0.05, 0) is 32.3 Å². The monoisotopic (exact) mass is 347 g/mol. The lowest BCUT2D eigenvalue weighted by Gasteiger charge is -2.28. The van der Waals surface area contributed by atoms with Crippen LogP contribution in [0.5, 0.6) is 0 Å². The molecule has 0 saturated heterocycles. The molecule has 1 heterocycles. The molecular formula is C18H25N3O2S. The average Bonchev–Trinajstić information content (AvgIpc) is 3.01. The van der Waals surface area contributed by atoms with Crippen molar-refractivity contribution in [2.45, 2.75) is 50.4 Å². The summed E-state index contributed by atoms with van der Waals surface area (Å²) in [6.07, 6.45) is 6.69. The molecule has 0 unspecified atom stereocenters. The zero-order chi connectivity index (χ0) is 17.2. The Morgan fingerprint density at radius 1 is 1.33 bits per heavy atom. The van der Waals surface area contributed by atoms with E-state index in [-0.39, 0.29) is 11.3 Å². The summed E-state index contributed by atoms with van der Waals surface area (Å²) in [4.78, 5) is 0. The van der Waals surface area contributed by atoms with Crippen LogP contribution in [0.3, 0.4) is 0 Å². The first-order valence-electron chi connectivity index (χ1n) is 8.45. The minimum Gasteiger partial charge on any atom is -0.310 e. The Morgan fingerprint density at radius 3 is 2.92 bits per heavy atom. The highest BCUT2D eigenvalue weighted by molar-refractivity contribution is 7.91. The van der Waals surface area contributed by atoms with Crippen molar-refractivity contribution in [3.8, 4) is 11.3 Å². The van der Waals surface area contributed by atoms with Gasteiger partial charge in [-0.1, -0.05) is 30.2 Å². The summed E-state index contributed by atoms with van der Waals surface area (Å²) in [6.45, 7) is 2.77. The molecule has 1 saturated carbocycles. The first-order valence-corrected chi connectivity index (χ1v) is 10.4. The Kier molecular flexibility index (Phi) is 5.06. The Balaban J connectivity index is 1.67. The van der Waals surface area contributed by atoms with Gasteiger partial charge in [-0.2, -0.15) is 5.10 Å². The number of sulfone groups is 1. The van der Waals surface area contributed by atoms with E-state index in [4.69, 9.17) is 0 Å². The predicted octanol–water partition coefficient (Wildman–Crippen LogP) is 2.83. The van der Waals surface area contributed by atoms with Gasteiger partial charge < -0.3 is 5.32 Å². The van der Waals surface area contributed by atoms with Gasteiger partial charge in [0.2, 0.25) is 0 Å². The fraction of sp³-hybridized carbons (Fsp3) is 0.500. The zero-order valence-corrected chi connectivity index (χ0v) is 15.1. The van der Waals surface area contributed by atoms with E-state index in [0.717, 1.165) is 36.1 Å². The maximum absolute atomic E-state index is 11.8. The molecule has 1 fully saturated rings. The van der Waals surface area contributed by atoms with E-state index in [1.54, 1.807) is 0 Å². The van der Waals surface area contributed by atoms with Crippen molar-refractivity contribution >= 4 is 9.84 Å². The lowest BCUT2D eigenvalue weighted by molar-refractivity contribution is 0.371. The molecule has 1 aromatic heterocycles. The summed E-state index contributed by atoms with van der Waals surface area (Å²) in [5.41, 5.74) is 4.48. The summed E-state index contributed by atoms with van der Waals surface area (Å²) in [5, 5.41) is 10.6. The van der Waals surface area contributed by atoms with E-state index in [2.05, 4.69) is 40.6 Å². The average molecular weight is 347 g/mol. The van der Waals surface area contributed by atoms with Crippen LogP contribution in [0, 0.1) is 6.92 Å². The van der Waals surface area contributed by atoms with Crippen LogP contribution in [0.25, 0.3) is 11.3 Å². The normalized spacial score (nSPS) is 21.8. The quantitative estimate of drug-likeness (QED) is 0.872. The number of H-pyrrole nitrogens is 1. The first-order chi connectivity index (χ1) is 11.4. The second kappa shape index (κ2) is 7.07. The lowest BCUT2D eigenvalue weighted by atomic mass is 9.94. The predicted molar refractivity (Wildman–Crippen MR) is 96.5 cm³/mol. The van der Waals surface area contributed by atoms with Crippen LogP contribution >= 0.6 is 0 Å². The number of aromatic amines is 1. The van der Waals surface area contributed by atoms with E-state index < -0.39 is 9.84 Å². The summed E-state index contributed by atoms with van der Waals surface area (Å²) in [5.74, 6) is 0. The van der Waals surface area contributed by atoms with E-state index in [0.29, 0.717) is 13.0 Å². The molecule has 0 bridgehead atoms. The molecule has 2 aromatic rings. The minimum absolute atomic E-state index is 0.204. The summed E-state index contributed by atoms with van der Waals surface area (Å²) in [6, 6.07) is 8.58. The van der Waals surface area contributed by atoms with Gasteiger partial charge >= 0.3 is 0 Å². The molecule has 0 aliphatic heterocycles. The molecule has 6 heteroatoms. The van der Waals surface area contributed by atoms with E-state index in [1.807, 2.05) is 12.3 Å². The molecular weight excluding hydrogens is 322 g/mol. The molecule has 1 aromatic carbocycles. The van der Waals surface area contributed by atoms with Gasteiger partial charge in [0.15, 0.2) is 0 Å². The maximum atomic E-state index is 11.8. The van der Waals surface area contributed by atoms with Crippen LogP contribution in [0.1, 0.15) is 36.8 Å². The second-order valence-corrected chi connectivity index (χ2v) is 9.16. The van der Waals surface area contributed by atoms with Crippen LogP contribution in [0.2, 0.25) is 0 Å². The van der Waals surface area contributed by atoms with Gasteiger partial charge in [-0.15, -0.1) is 0 Å². The molecule has 0 amide bonds. The third-order valence-electron chi connectivity index (χ3n) is 4.84. The minimum atomic E-state index is -2.95. The number of nitrogens with one attached hydrogen (secondary N) is 2. The smallest absolute Gasteiger partial charge is 0.150 e. The molecule has 130 valence electrons. The highest BCUT2D eigenvalue weighted by Crippen LogP contribution is 2.25. The number of aryl methyl sites for hydroxylation is 1. The van der Waals surface area contributed by atoms with E-state index in [1.165, 1.54) is 11.8 Å². The van der Waals surface area contributed by atoms with Crippen LogP contribution in [-0.4, -0.2) is 36.2 Å². The Hall–Kier alpha value is -1.66. The Bertz CT molecular complexity index is 798. The second-order valence-electron chi connectivity index (χ2n) is 6.84. The molecule has 1 aliphatic rings. The fourth-order valence-corrected chi connectivity index (χ4v) is 4.65. The van der Waals surface area contributed by atoms with Gasteiger partial charge in [0, 0.05) is 30.0 Å². The largest absolute Gasteiger partial charge is 0.310 e. The molecule has 0 spiro atoms. The molecule has 3 rings (SSSR count). The van der Waals surface area contributed by atoms with Crippen LogP contribution in [0.15, 0.2) is 30.5 Å². The van der Waals surface area contributed by atoms with Gasteiger partial charge in [0.25, 0.3) is 0 Å². The van der Waals surface area contributed by atoms with Gasteiger partial charge in [-0.3, -0.25) is 5.10 Å². The van der Waals surface area contributed by atoms with Crippen LogP contribution < -0.4 is 5.32 Å². The number of rotatable bonds is 5. The third-order valence-corrected chi connectivity index (χ3v) is 6.48. The lowest BCUT2D eigenvalue weighted by Crippen LogP contribution is -2.38. The SMILES string of the molecule is Cc1cccc(-c2[nH]ncc2CN[C@H]2CCC[C@H](S(C)(=O)=O)C2)c1. The van der Waals surface area contributed by atoms with Crippen LogP contribution in [-0.2, 0) is 16.4 Å². The molecule has 5 nitrogen and oxygen atoms in total. The Labute approximate surface area is 143 Å². The molecule has 24 heavy (non-hydrogen) atoms. The number of aromatic nitrogens is 2. The van der Waals surface area contributed by atoms with Gasteiger partial charge in [0.1, 0.15) is 9.84 Å². The molecule has 1 aliphatic carbocycles. The first kappa shape index (κ1) is 17.2. The molecule has 2 N–H and O–H groups in total. The molecule has 0 radical (unpaired) electrons. The topological polar surface area (TPSA) is 74.8 Å².